The molecule has 0 bridgehead atoms. The van der Waals surface area contributed by atoms with Gasteiger partial charge in [0.15, 0.2) is 0 Å². The molecule has 5 N–H and O–H groups in total. The highest BCUT2D eigenvalue weighted by Gasteiger charge is 2.26. The maximum atomic E-state index is 9.88. The van der Waals surface area contributed by atoms with Crippen LogP contribution in [0, 0.1) is 12.8 Å². The molecule has 82 valence electrons. The second-order valence-electron chi connectivity index (χ2n) is 4.52. The highest BCUT2D eigenvalue weighted by atomic mass is 16.3. The molecule has 1 aromatic carbocycles. The lowest BCUT2D eigenvalue weighted by atomic mass is 9.96. The van der Waals surface area contributed by atoms with Gasteiger partial charge in [-0.2, -0.15) is 0 Å². The molecule has 0 unspecified atom stereocenters. The third kappa shape index (κ3) is 2.07. The first-order valence-electron chi connectivity index (χ1n) is 5.43. The summed E-state index contributed by atoms with van der Waals surface area (Å²) in [5.41, 5.74) is 14.0. The highest BCUT2D eigenvalue weighted by molar-refractivity contribution is 5.59. The quantitative estimate of drug-likeness (QED) is 0.523. The Morgan fingerprint density at radius 3 is 2.73 bits per heavy atom. The molecule has 0 amide bonds. The van der Waals surface area contributed by atoms with E-state index in [0.29, 0.717) is 5.69 Å². The van der Waals surface area contributed by atoms with E-state index in [2.05, 4.69) is 0 Å². The maximum Gasteiger partial charge on any atom is 0.143 e. The number of phenols is 1. The van der Waals surface area contributed by atoms with E-state index in [1.165, 1.54) is 12.8 Å². The van der Waals surface area contributed by atoms with Crippen LogP contribution in [0.25, 0.3) is 0 Å². The number of benzene rings is 1. The number of phenolic OH excluding ortho intramolecular Hbond substituents is 1. The Kier molecular flexibility index (Phi) is 2.57. The van der Waals surface area contributed by atoms with Crippen LogP contribution < -0.4 is 11.5 Å². The van der Waals surface area contributed by atoms with Crippen molar-refractivity contribution in [2.45, 2.75) is 32.2 Å². The van der Waals surface area contributed by atoms with Gasteiger partial charge in [-0.05, 0) is 30.9 Å². The molecule has 2 rings (SSSR count). The van der Waals surface area contributed by atoms with Gasteiger partial charge >= 0.3 is 0 Å². The normalized spacial score (nSPS) is 17.7. The van der Waals surface area contributed by atoms with Gasteiger partial charge < -0.3 is 16.6 Å². The fourth-order valence-electron chi connectivity index (χ4n) is 2.02. The highest BCUT2D eigenvalue weighted by Crippen LogP contribution is 2.40. The van der Waals surface area contributed by atoms with Gasteiger partial charge in [0.2, 0.25) is 0 Å². The third-order valence-corrected chi connectivity index (χ3v) is 3.12. The van der Waals surface area contributed by atoms with Crippen LogP contribution >= 0.6 is 0 Å². The Labute approximate surface area is 90.1 Å². The number of hydrogen-bond donors (Lipinski definition) is 3. The van der Waals surface area contributed by atoms with Crippen molar-refractivity contribution in [3.05, 3.63) is 23.3 Å². The first-order chi connectivity index (χ1) is 7.09. The molecule has 0 spiro atoms. The van der Waals surface area contributed by atoms with Crippen molar-refractivity contribution in [3.63, 3.8) is 0 Å². The molecular weight excluding hydrogens is 188 g/mol. The maximum absolute atomic E-state index is 9.88. The molecule has 1 atom stereocenters. The number of hydrogen-bond acceptors (Lipinski definition) is 3. The van der Waals surface area contributed by atoms with Crippen molar-refractivity contribution >= 4 is 5.69 Å². The molecule has 0 heterocycles. The lowest BCUT2D eigenvalue weighted by molar-refractivity contribution is 0.457. The molecule has 15 heavy (non-hydrogen) atoms. The smallest absolute Gasteiger partial charge is 0.143 e. The fraction of sp³-hybridized carbons (Fsp3) is 0.500. The SMILES string of the molecule is Cc1ccc(N)c(O)c1[C@@H](N)CC1CC1. The van der Waals surface area contributed by atoms with Gasteiger partial charge in [0.05, 0.1) is 5.69 Å². The molecule has 3 nitrogen and oxygen atoms in total. The summed E-state index contributed by atoms with van der Waals surface area (Å²) in [5.74, 6) is 0.920. The van der Waals surface area contributed by atoms with E-state index in [9.17, 15) is 5.11 Å². The standard InChI is InChI=1S/C12H18N2O/c1-7-2-5-9(13)12(15)11(7)10(14)6-8-3-4-8/h2,5,8,10,15H,3-4,6,13-14H2,1H3/t10-/m0/s1. The molecule has 0 aromatic heterocycles. The molecular formula is C12H18N2O. The number of anilines is 1. The predicted octanol–water partition coefficient (Wildman–Crippen LogP) is 2.08. The Morgan fingerprint density at radius 1 is 1.47 bits per heavy atom. The molecule has 1 fully saturated rings. The van der Waals surface area contributed by atoms with E-state index in [0.717, 1.165) is 23.5 Å². The van der Waals surface area contributed by atoms with E-state index >= 15 is 0 Å². The Balaban J connectivity index is 2.27. The summed E-state index contributed by atoms with van der Waals surface area (Å²) in [5, 5.41) is 9.88. The minimum atomic E-state index is -0.0824. The van der Waals surface area contributed by atoms with Gasteiger partial charge in [-0.15, -0.1) is 0 Å². The second-order valence-corrected chi connectivity index (χ2v) is 4.52. The van der Waals surface area contributed by atoms with Crippen molar-refractivity contribution in [2.24, 2.45) is 11.7 Å². The number of aromatic hydroxyl groups is 1. The molecule has 0 aliphatic heterocycles. The summed E-state index contributed by atoms with van der Waals surface area (Å²) in [6.45, 7) is 1.96. The van der Waals surface area contributed by atoms with Gasteiger partial charge in [0.1, 0.15) is 5.75 Å². The molecule has 0 radical (unpaired) electrons. The van der Waals surface area contributed by atoms with E-state index in [1.807, 2.05) is 13.0 Å². The second kappa shape index (κ2) is 3.74. The molecule has 3 heteroatoms. The molecule has 1 aliphatic rings. The zero-order valence-electron chi connectivity index (χ0n) is 9.03. The number of rotatable bonds is 3. The lowest BCUT2D eigenvalue weighted by Gasteiger charge is -2.17. The summed E-state index contributed by atoms with van der Waals surface area (Å²) in [4.78, 5) is 0. The van der Waals surface area contributed by atoms with Gasteiger partial charge in [-0.1, -0.05) is 18.9 Å². The van der Waals surface area contributed by atoms with E-state index in [4.69, 9.17) is 11.5 Å². The van der Waals surface area contributed by atoms with Crippen LogP contribution in [0.1, 0.15) is 36.4 Å². The van der Waals surface area contributed by atoms with Crippen LogP contribution in [-0.2, 0) is 0 Å². The number of nitrogens with two attached hydrogens (primary N) is 2. The first kappa shape index (κ1) is 10.3. The largest absolute Gasteiger partial charge is 0.505 e. The van der Waals surface area contributed by atoms with Crippen LogP contribution in [0.5, 0.6) is 5.75 Å². The van der Waals surface area contributed by atoms with Crippen LogP contribution in [0.3, 0.4) is 0 Å². The number of aryl methyl sites for hydroxylation is 1. The van der Waals surface area contributed by atoms with Crippen LogP contribution in [-0.4, -0.2) is 5.11 Å². The molecule has 1 saturated carbocycles. The van der Waals surface area contributed by atoms with Crippen LogP contribution in [0.15, 0.2) is 12.1 Å². The van der Waals surface area contributed by atoms with Crippen LogP contribution in [0.4, 0.5) is 5.69 Å². The molecule has 0 saturated heterocycles. The van der Waals surface area contributed by atoms with Gasteiger partial charge in [0, 0.05) is 11.6 Å². The predicted molar refractivity (Wildman–Crippen MR) is 61.5 cm³/mol. The Bertz CT molecular complexity index is 372. The van der Waals surface area contributed by atoms with Gasteiger partial charge in [-0.3, -0.25) is 0 Å². The average Bonchev–Trinajstić information content (AvgIpc) is 2.96. The van der Waals surface area contributed by atoms with Gasteiger partial charge in [0.25, 0.3) is 0 Å². The minimum absolute atomic E-state index is 0.0824. The lowest BCUT2D eigenvalue weighted by Crippen LogP contribution is -2.13. The van der Waals surface area contributed by atoms with E-state index in [-0.39, 0.29) is 11.8 Å². The summed E-state index contributed by atoms with van der Waals surface area (Å²) in [6.07, 6.45) is 3.50. The zero-order chi connectivity index (χ0) is 11.0. The first-order valence-corrected chi connectivity index (χ1v) is 5.43. The summed E-state index contributed by atoms with van der Waals surface area (Å²) < 4.78 is 0. The Hall–Kier alpha value is -1.22. The Morgan fingerprint density at radius 2 is 2.13 bits per heavy atom. The van der Waals surface area contributed by atoms with Crippen molar-refractivity contribution in [3.8, 4) is 5.75 Å². The topological polar surface area (TPSA) is 72.3 Å². The van der Waals surface area contributed by atoms with Crippen molar-refractivity contribution < 1.29 is 5.11 Å². The van der Waals surface area contributed by atoms with Crippen molar-refractivity contribution in [2.75, 3.05) is 5.73 Å². The zero-order valence-corrected chi connectivity index (χ0v) is 9.03. The third-order valence-electron chi connectivity index (χ3n) is 3.12. The van der Waals surface area contributed by atoms with Gasteiger partial charge in [-0.25, -0.2) is 0 Å². The van der Waals surface area contributed by atoms with Crippen LogP contribution in [0.2, 0.25) is 0 Å². The van der Waals surface area contributed by atoms with Crippen molar-refractivity contribution in [1.82, 2.24) is 0 Å². The fourth-order valence-corrected chi connectivity index (χ4v) is 2.02. The molecule has 1 aliphatic carbocycles. The molecule has 1 aromatic rings. The minimum Gasteiger partial charge on any atom is -0.505 e. The average molecular weight is 206 g/mol. The van der Waals surface area contributed by atoms with Crippen molar-refractivity contribution in [1.29, 1.82) is 0 Å². The summed E-state index contributed by atoms with van der Waals surface area (Å²) in [6, 6.07) is 3.55. The van der Waals surface area contributed by atoms with E-state index in [1.54, 1.807) is 6.07 Å². The summed E-state index contributed by atoms with van der Waals surface area (Å²) in [7, 11) is 0. The van der Waals surface area contributed by atoms with E-state index < -0.39 is 0 Å². The number of nitrogen functional groups attached to an aromatic ring is 1. The summed E-state index contributed by atoms with van der Waals surface area (Å²) >= 11 is 0. The monoisotopic (exact) mass is 206 g/mol.